The molecule has 0 N–H and O–H groups in total. The molecule has 1 aliphatic rings. The zero-order valence-corrected chi connectivity index (χ0v) is 16.3. The smallest absolute Gasteiger partial charge is 0.277 e. The quantitative estimate of drug-likeness (QED) is 0.692. The summed E-state index contributed by atoms with van der Waals surface area (Å²) in [6, 6.07) is 7.47. The van der Waals surface area contributed by atoms with Gasteiger partial charge in [0.15, 0.2) is 9.84 Å². The average molecular weight is 396 g/mol. The molecule has 3 rings (SSSR count). The minimum Gasteiger partial charge on any atom is -0.411 e. The zero-order chi connectivity index (χ0) is 18.7. The molecule has 1 saturated heterocycles. The van der Waals surface area contributed by atoms with Gasteiger partial charge in [-0.15, -0.1) is 10.2 Å². The van der Waals surface area contributed by atoms with Crippen molar-refractivity contribution in [2.24, 2.45) is 0 Å². The Hall–Kier alpha value is -1.87. The third-order valence-electron chi connectivity index (χ3n) is 4.41. The molecule has 0 saturated carbocycles. The highest BCUT2D eigenvalue weighted by atomic mass is 32.2. The van der Waals surface area contributed by atoms with Gasteiger partial charge in [0.25, 0.3) is 5.22 Å². The van der Waals surface area contributed by atoms with Gasteiger partial charge in [0, 0.05) is 18.2 Å². The van der Waals surface area contributed by atoms with Crippen LogP contribution in [0.2, 0.25) is 0 Å². The molecule has 140 valence electrons. The first-order chi connectivity index (χ1) is 12.4. The maximum atomic E-state index is 12.5. The van der Waals surface area contributed by atoms with Crippen LogP contribution in [0.15, 0.2) is 33.9 Å². The van der Waals surface area contributed by atoms with Crippen LogP contribution in [0.25, 0.3) is 11.5 Å². The second-order valence-electron chi connectivity index (χ2n) is 6.21. The highest BCUT2D eigenvalue weighted by molar-refractivity contribution is 7.99. The Morgan fingerprint density at radius 3 is 2.77 bits per heavy atom. The third kappa shape index (κ3) is 4.27. The predicted octanol–water partition coefficient (Wildman–Crippen LogP) is 2.17. The number of carbonyl (C=O) groups is 1. The van der Waals surface area contributed by atoms with Crippen molar-refractivity contribution in [3.8, 4) is 11.5 Å². The minimum atomic E-state index is -3.02. The Morgan fingerprint density at radius 1 is 1.35 bits per heavy atom. The molecule has 1 atom stereocenters. The molecule has 0 bridgehead atoms. The molecule has 9 heteroatoms. The first-order valence-corrected chi connectivity index (χ1v) is 11.2. The molecule has 0 unspecified atom stereocenters. The van der Waals surface area contributed by atoms with E-state index in [2.05, 4.69) is 10.2 Å². The van der Waals surface area contributed by atoms with Gasteiger partial charge in [-0.1, -0.05) is 30.0 Å². The number of amides is 1. The molecule has 26 heavy (non-hydrogen) atoms. The van der Waals surface area contributed by atoms with Crippen molar-refractivity contribution in [2.45, 2.75) is 31.5 Å². The minimum absolute atomic E-state index is 0.0508. The van der Waals surface area contributed by atoms with Crippen LogP contribution in [0.5, 0.6) is 0 Å². The van der Waals surface area contributed by atoms with Crippen molar-refractivity contribution in [1.29, 1.82) is 0 Å². The molecule has 1 aromatic carbocycles. The Morgan fingerprint density at radius 2 is 2.12 bits per heavy atom. The van der Waals surface area contributed by atoms with E-state index in [0.29, 0.717) is 24.1 Å². The fraction of sp³-hybridized carbons (Fsp3) is 0.471. The second-order valence-corrected chi connectivity index (χ2v) is 9.37. The molecule has 1 aromatic heterocycles. The van der Waals surface area contributed by atoms with Crippen LogP contribution in [0.4, 0.5) is 0 Å². The molecule has 0 radical (unpaired) electrons. The van der Waals surface area contributed by atoms with E-state index >= 15 is 0 Å². The molecule has 7 nitrogen and oxygen atoms in total. The number of nitrogens with zero attached hydrogens (tertiary/aromatic N) is 3. The van der Waals surface area contributed by atoms with Crippen LogP contribution in [0.3, 0.4) is 0 Å². The van der Waals surface area contributed by atoms with Crippen molar-refractivity contribution in [2.75, 3.05) is 23.8 Å². The highest BCUT2D eigenvalue weighted by Crippen LogP contribution is 2.26. The summed E-state index contributed by atoms with van der Waals surface area (Å²) in [5.41, 5.74) is 1.90. The van der Waals surface area contributed by atoms with E-state index < -0.39 is 9.84 Å². The van der Waals surface area contributed by atoms with E-state index in [0.717, 1.165) is 11.1 Å². The van der Waals surface area contributed by atoms with E-state index in [-0.39, 0.29) is 29.2 Å². The van der Waals surface area contributed by atoms with Crippen molar-refractivity contribution in [3.63, 3.8) is 0 Å². The summed E-state index contributed by atoms with van der Waals surface area (Å²) in [6.07, 6.45) is 0.505. The number of rotatable bonds is 6. The molecule has 1 fully saturated rings. The number of aryl methyl sites for hydroxylation is 1. The average Bonchev–Trinajstić information content (AvgIpc) is 3.21. The first-order valence-electron chi connectivity index (χ1n) is 8.42. The van der Waals surface area contributed by atoms with Gasteiger partial charge in [0.05, 0.1) is 17.3 Å². The predicted molar refractivity (Wildman–Crippen MR) is 99.6 cm³/mol. The topological polar surface area (TPSA) is 93.4 Å². The lowest BCUT2D eigenvalue weighted by molar-refractivity contribution is -0.129. The summed E-state index contributed by atoms with van der Waals surface area (Å²) in [7, 11) is -3.02. The standard InChI is InChI=1S/C17H21N3O4S2/c1-3-20(13-8-9-26(22,23)11-13)15(21)10-25-17-19-18-16(24-17)14-7-5-4-6-12(14)2/h4-7,13H,3,8-11H2,1-2H3/t13-/m1/s1. The second kappa shape index (κ2) is 7.79. The molecule has 0 aliphatic carbocycles. The van der Waals surface area contributed by atoms with Crippen LogP contribution < -0.4 is 0 Å². The lowest BCUT2D eigenvalue weighted by atomic mass is 10.1. The number of sulfone groups is 1. The number of hydrogen-bond donors (Lipinski definition) is 0. The summed E-state index contributed by atoms with van der Waals surface area (Å²) in [5, 5.41) is 8.36. The van der Waals surface area contributed by atoms with Crippen LogP contribution in [0, 0.1) is 6.92 Å². The molecular weight excluding hydrogens is 374 g/mol. The molecule has 2 aromatic rings. The molecule has 0 spiro atoms. The lowest BCUT2D eigenvalue weighted by Gasteiger charge is -2.26. The normalized spacial score (nSPS) is 18.8. The Labute approximate surface area is 157 Å². The van der Waals surface area contributed by atoms with Gasteiger partial charge in [-0.05, 0) is 31.9 Å². The fourth-order valence-corrected chi connectivity index (χ4v) is 5.44. The number of benzene rings is 1. The molecular formula is C17H21N3O4S2. The van der Waals surface area contributed by atoms with Gasteiger partial charge in [-0.2, -0.15) is 0 Å². The molecule has 1 amide bonds. The lowest BCUT2D eigenvalue weighted by Crippen LogP contribution is -2.41. The SMILES string of the molecule is CCN(C(=O)CSc1nnc(-c2ccccc2C)o1)[C@@H]1CCS(=O)(=O)C1. The van der Waals surface area contributed by atoms with Gasteiger partial charge >= 0.3 is 0 Å². The van der Waals surface area contributed by atoms with Crippen molar-refractivity contribution in [3.05, 3.63) is 29.8 Å². The van der Waals surface area contributed by atoms with Crippen LogP contribution >= 0.6 is 11.8 Å². The summed E-state index contributed by atoms with van der Waals surface area (Å²) in [5.74, 6) is 0.648. The van der Waals surface area contributed by atoms with E-state index in [4.69, 9.17) is 4.42 Å². The fourth-order valence-electron chi connectivity index (χ4n) is 3.06. The zero-order valence-electron chi connectivity index (χ0n) is 14.7. The van der Waals surface area contributed by atoms with Gasteiger partial charge < -0.3 is 9.32 Å². The Balaban J connectivity index is 1.62. The third-order valence-corrected chi connectivity index (χ3v) is 6.96. The molecule has 2 heterocycles. The monoisotopic (exact) mass is 395 g/mol. The van der Waals surface area contributed by atoms with E-state index in [9.17, 15) is 13.2 Å². The van der Waals surface area contributed by atoms with Gasteiger partial charge in [-0.3, -0.25) is 4.79 Å². The van der Waals surface area contributed by atoms with Gasteiger partial charge in [0.1, 0.15) is 0 Å². The Kier molecular flexibility index (Phi) is 5.67. The number of aromatic nitrogens is 2. The van der Waals surface area contributed by atoms with Crippen LogP contribution in [0.1, 0.15) is 18.9 Å². The van der Waals surface area contributed by atoms with Crippen molar-refractivity contribution >= 4 is 27.5 Å². The summed E-state index contributed by atoms with van der Waals surface area (Å²) >= 11 is 1.17. The number of thioether (sulfide) groups is 1. The van der Waals surface area contributed by atoms with Crippen molar-refractivity contribution in [1.82, 2.24) is 15.1 Å². The summed E-state index contributed by atoms with van der Waals surface area (Å²) in [6.45, 7) is 4.30. The highest BCUT2D eigenvalue weighted by Gasteiger charge is 2.33. The van der Waals surface area contributed by atoms with E-state index in [1.165, 1.54) is 11.8 Å². The maximum Gasteiger partial charge on any atom is 0.277 e. The van der Waals surface area contributed by atoms with E-state index in [1.807, 2.05) is 38.1 Å². The summed E-state index contributed by atoms with van der Waals surface area (Å²) in [4.78, 5) is 14.1. The molecule has 1 aliphatic heterocycles. The van der Waals surface area contributed by atoms with E-state index in [1.54, 1.807) is 4.90 Å². The number of hydrogen-bond acceptors (Lipinski definition) is 7. The van der Waals surface area contributed by atoms with Gasteiger partial charge in [-0.25, -0.2) is 8.42 Å². The van der Waals surface area contributed by atoms with Crippen LogP contribution in [-0.4, -0.2) is 59.3 Å². The van der Waals surface area contributed by atoms with Crippen molar-refractivity contribution < 1.29 is 17.6 Å². The number of carbonyl (C=O) groups excluding carboxylic acids is 1. The largest absolute Gasteiger partial charge is 0.411 e. The maximum absolute atomic E-state index is 12.5. The Bertz CT molecular complexity index is 895. The summed E-state index contributed by atoms with van der Waals surface area (Å²) < 4.78 is 29.0. The first kappa shape index (κ1) is 18.9. The van der Waals surface area contributed by atoms with Crippen LogP contribution in [-0.2, 0) is 14.6 Å². The van der Waals surface area contributed by atoms with Gasteiger partial charge in [0.2, 0.25) is 11.8 Å².